The number of hydrogen-bond acceptors (Lipinski definition) is 3. The van der Waals surface area contributed by atoms with Crippen LogP contribution in [0.2, 0.25) is 0 Å². The number of nitrogens with one attached hydrogen (secondary N) is 1. The van der Waals surface area contributed by atoms with Crippen molar-refractivity contribution in [3.63, 3.8) is 0 Å². The number of H-pyrrole nitrogens is 1. The molecule has 2 amide bonds. The first-order valence-corrected chi connectivity index (χ1v) is 8.77. The molecule has 1 aromatic heterocycles. The van der Waals surface area contributed by atoms with E-state index in [0.29, 0.717) is 13.1 Å². The van der Waals surface area contributed by atoms with E-state index in [-0.39, 0.29) is 24.3 Å². The Morgan fingerprint density at radius 1 is 1.36 bits per heavy atom. The molecule has 0 radical (unpaired) electrons. The molecule has 0 spiro atoms. The number of benzene rings is 1. The summed E-state index contributed by atoms with van der Waals surface area (Å²) in [6, 6.07) is 8.18. The van der Waals surface area contributed by atoms with E-state index in [0.717, 1.165) is 30.6 Å². The van der Waals surface area contributed by atoms with Crippen LogP contribution in [0.3, 0.4) is 0 Å². The van der Waals surface area contributed by atoms with E-state index in [4.69, 9.17) is 5.73 Å². The number of carbonyl (C=O) groups is 2. The molecular weight excluding hydrogens is 316 g/mol. The normalized spacial score (nSPS) is 18.4. The van der Waals surface area contributed by atoms with Gasteiger partial charge in [0.15, 0.2) is 0 Å². The molecule has 6 nitrogen and oxygen atoms in total. The van der Waals surface area contributed by atoms with Crippen LogP contribution in [0.5, 0.6) is 0 Å². The maximum atomic E-state index is 12.8. The number of nitrogens with zero attached hydrogens (tertiary/aromatic N) is 2. The van der Waals surface area contributed by atoms with E-state index in [2.05, 4.69) is 24.0 Å². The first kappa shape index (κ1) is 17.5. The van der Waals surface area contributed by atoms with Crippen molar-refractivity contribution in [1.82, 2.24) is 14.8 Å². The van der Waals surface area contributed by atoms with Crippen molar-refractivity contribution in [2.24, 2.45) is 11.7 Å². The summed E-state index contributed by atoms with van der Waals surface area (Å²) in [6.07, 6.45) is 1.78. The monoisotopic (exact) mass is 342 g/mol. The number of likely N-dealkylation sites (tertiary alicyclic amines) is 1. The Hall–Kier alpha value is -2.34. The van der Waals surface area contributed by atoms with Crippen LogP contribution in [0.25, 0.3) is 10.9 Å². The Labute approximate surface area is 148 Å². The second-order valence-electron chi connectivity index (χ2n) is 7.01. The molecule has 1 saturated heterocycles. The van der Waals surface area contributed by atoms with Crippen molar-refractivity contribution in [1.29, 1.82) is 0 Å². The highest BCUT2D eigenvalue weighted by atomic mass is 16.2. The van der Waals surface area contributed by atoms with Crippen molar-refractivity contribution in [2.75, 3.05) is 26.7 Å². The maximum Gasteiger partial charge on any atom is 0.231 e. The first-order chi connectivity index (χ1) is 12.0. The lowest BCUT2D eigenvalue weighted by molar-refractivity contribution is -0.137. The van der Waals surface area contributed by atoms with Crippen LogP contribution in [0.4, 0.5) is 0 Å². The zero-order chi connectivity index (χ0) is 18.0. The molecule has 1 aromatic carbocycles. The number of primary amides is 1. The van der Waals surface area contributed by atoms with Crippen LogP contribution in [0.15, 0.2) is 24.3 Å². The van der Waals surface area contributed by atoms with E-state index < -0.39 is 0 Å². The van der Waals surface area contributed by atoms with Crippen LogP contribution in [0.1, 0.15) is 24.1 Å². The minimum Gasteiger partial charge on any atom is -0.369 e. The average Bonchev–Trinajstić information content (AvgIpc) is 2.90. The predicted molar refractivity (Wildman–Crippen MR) is 97.9 cm³/mol. The average molecular weight is 342 g/mol. The van der Waals surface area contributed by atoms with Crippen molar-refractivity contribution in [3.05, 3.63) is 35.5 Å². The Morgan fingerprint density at radius 2 is 2.12 bits per heavy atom. The van der Waals surface area contributed by atoms with Gasteiger partial charge in [0.25, 0.3) is 0 Å². The molecular formula is C19H26N4O2. The molecule has 0 unspecified atom stereocenters. The summed E-state index contributed by atoms with van der Waals surface area (Å²) in [4.78, 5) is 31.1. The molecule has 134 valence electrons. The Kier molecular flexibility index (Phi) is 5.08. The lowest BCUT2D eigenvalue weighted by atomic mass is 9.96. The van der Waals surface area contributed by atoms with E-state index >= 15 is 0 Å². The molecule has 1 aliphatic heterocycles. The molecule has 2 aromatic rings. The summed E-state index contributed by atoms with van der Waals surface area (Å²) in [5, 5.41) is 1.20. The van der Waals surface area contributed by atoms with Gasteiger partial charge in [-0.2, -0.15) is 0 Å². The van der Waals surface area contributed by atoms with Gasteiger partial charge in [0.2, 0.25) is 11.8 Å². The summed E-state index contributed by atoms with van der Waals surface area (Å²) in [7, 11) is 1.85. The number of nitrogens with two attached hydrogens (primary N) is 1. The van der Waals surface area contributed by atoms with Crippen molar-refractivity contribution < 1.29 is 9.59 Å². The third-order valence-corrected chi connectivity index (χ3v) is 5.07. The lowest BCUT2D eigenvalue weighted by Gasteiger charge is -2.33. The van der Waals surface area contributed by atoms with E-state index in [1.165, 1.54) is 10.9 Å². The molecule has 3 N–H and O–H groups in total. The summed E-state index contributed by atoms with van der Waals surface area (Å²) in [5.41, 5.74) is 8.64. The van der Waals surface area contributed by atoms with Gasteiger partial charge in [-0.05, 0) is 37.9 Å². The second-order valence-corrected chi connectivity index (χ2v) is 7.01. The fourth-order valence-corrected chi connectivity index (χ4v) is 3.74. The number of carbonyl (C=O) groups excluding carboxylic acids is 2. The molecule has 0 saturated carbocycles. The molecule has 6 heteroatoms. The van der Waals surface area contributed by atoms with Crippen LogP contribution in [-0.2, 0) is 16.1 Å². The standard InChI is InChI=1S/C19H26N4O2/c1-13-15-7-3-4-8-16(15)21-17(13)11-22(2)19(25)14-6-5-9-23(10-14)12-18(20)24/h3-4,7-8,14,21H,5-6,9-12H2,1-2H3,(H2,20,24)/t14-/m0/s1. The summed E-state index contributed by atoms with van der Waals surface area (Å²) >= 11 is 0. The van der Waals surface area contributed by atoms with Gasteiger partial charge in [-0.25, -0.2) is 0 Å². The van der Waals surface area contributed by atoms with Crippen LogP contribution >= 0.6 is 0 Å². The number of para-hydroxylation sites is 1. The highest BCUT2D eigenvalue weighted by molar-refractivity contribution is 5.85. The smallest absolute Gasteiger partial charge is 0.231 e. The van der Waals surface area contributed by atoms with Gasteiger partial charge >= 0.3 is 0 Å². The van der Waals surface area contributed by atoms with Crippen molar-refractivity contribution in [3.8, 4) is 0 Å². The Morgan fingerprint density at radius 3 is 2.84 bits per heavy atom. The van der Waals surface area contributed by atoms with E-state index in [1.54, 1.807) is 4.90 Å². The summed E-state index contributed by atoms with van der Waals surface area (Å²) < 4.78 is 0. The number of aromatic amines is 1. The van der Waals surface area contributed by atoms with Gasteiger partial charge in [-0.3, -0.25) is 14.5 Å². The van der Waals surface area contributed by atoms with Crippen LogP contribution in [-0.4, -0.2) is 53.3 Å². The molecule has 1 fully saturated rings. The highest BCUT2D eigenvalue weighted by Crippen LogP contribution is 2.24. The third-order valence-electron chi connectivity index (χ3n) is 5.07. The molecule has 0 bridgehead atoms. The SMILES string of the molecule is Cc1c(CN(C)C(=O)[C@H]2CCCN(CC(N)=O)C2)[nH]c2ccccc12. The molecule has 2 heterocycles. The zero-order valence-corrected chi connectivity index (χ0v) is 14.9. The number of amides is 2. The maximum absolute atomic E-state index is 12.8. The highest BCUT2D eigenvalue weighted by Gasteiger charge is 2.28. The van der Waals surface area contributed by atoms with Gasteiger partial charge < -0.3 is 15.6 Å². The molecule has 1 aliphatic rings. The Balaban J connectivity index is 1.67. The van der Waals surface area contributed by atoms with Crippen molar-refractivity contribution in [2.45, 2.75) is 26.3 Å². The van der Waals surface area contributed by atoms with Gasteiger partial charge in [-0.1, -0.05) is 18.2 Å². The Bertz CT molecular complexity index is 783. The quantitative estimate of drug-likeness (QED) is 0.866. The van der Waals surface area contributed by atoms with Gasteiger partial charge in [0.05, 0.1) is 19.0 Å². The molecule has 3 rings (SSSR count). The first-order valence-electron chi connectivity index (χ1n) is 8.77. The fourth-order valence-electron chi connectivity index (χ4n) is 3.74. The number of aromatic nitrogens is 1. The van der Waals surface area contributed by atoms with Gasteiger partial charge in [-0.15, -0.1) is 0 Å². The van der Waals surface area contributed by atoms with E-state index in [9.17, 15) is 9.59 Å². The molecule has 0 aliphatic carbocycles. The number of rotatable bonds is 5. The second kappa shape index (κ2) is 7.27. The third kappa shape index (κ3) is 3.85. The van der Waals surface area contributed by atoms with Crippen LogP contribution < -0.4 is 5.73 Å². The minimum absolute atomic E-state index is 0.0669. The number of aryl methyl sites for hydroxylation is 1. The topological polar surface area (TPSA) is 82.4 Å². The minimum atomic E-state index is -0.338. The summed E-state index contributed by atoms with van der Waals surface area (Å²) in [6.45, 7) is 4.32. The largest absolute Gasteiger partial charge is 0.369 e. The zero-order valence-electron chi connectivity index (χ0n) is 14.9. The van der Waals surface area contributed by atoms with Crippen molar-refractivity contribution >= 4 is 22.7 Å². The fraction of sp³-hybridized carbons (Fsp3) is 0.474. The van der Waals surface area contributed by atoms with Gasteiger partial charge in [0.1, 0.15) is 0 Å². The van der Waals surface area contributed by atoms with Gasteiger partial charge in [0, 0.05) is 30.2 Å². The number of piperidine rings is 1. The summed E-state index contributed by atoms with van der Waals surface area (Å²) in [5.74, 6) is -0.273. The molecule has 1 atom stereocenters. The number of fused-ring (bicyclic) bond motifs is 1. The predicted octanol–water partition coefficient (Wildman–Crippen LogP) is 1.63. The van der Waals surface area contributed by atoms with E-state index in [1.807, 2.05) is 24.1 Å². The number of hydrogen-bond donors (Lipinski definition) is 2. The lowest BCUT2D eigenvalue weighted by Crippen LogP contribution is -2.46. The molecule has 25 heavy (non-hydrogen) atoms. The van der Waals surface area contributed by atoms with Crippen LogP contribution in [0, 0.1) is 12.8 Å².